The molecule has 2 amide bonds. The summed E-state index contributed by atoms with van der Waals surface area (Å²) in [5.74, 6) is -0.0307. The number of carbonyl (C=O) groups is 2. The lowest BCUT2D eigenvalue weighted by molar-refractivity contribution is -0.117. The van der Waals surface area contributed by atoms with Gasteiger partial charge >= 0.3 is 0 Å². The summed E-state index contributed by atoms with van der Waals surface area (Å²) < 4.78 is 5.15. The Morgan fingerprint density at radius 1 is 1.00 bits per heavy atom. The minimum Gasteiger partial charge on any atom is -0.497 e. The number of rotatable bonds is 8. The summed E-state index contributed by atoms with van der Waals surface area (Å²) in [5.41, 5.74) is 2.87. The maximum atomic E-state index is 13.0. The molecule has 0 saturated carbocycles. The predicted molar refractivity (Wildman–Crippen MR) is 137 cm³/mol. The molecule has 6 nitrogen and oxygen atoms in total. The molecule has 1 fully saturated rings. The molecule has 7 heteroatoms. The highest BCUT2D eigenvalue weighted by atomic mass is 32.1. The van der Waals surface area contributed by atoms with Crippen molar-refractivity contribution in [2.24, 2.45) is 0 Å². The molecule has 2 heterocycles. The molecule has 0 aliphatic carbocycles. The summed E-state index contributed by atoms with van der Waals surface area (Å²) in [6.45, 7) is 2.57. The average Bonchev–Trinajstić information content (AvgIpc) is 3.41. The van der Waals surface area contributed by atoms with Gasteiger partial charge in [-0.25, -0.2) is 0 Å². The van der Waals surface area contributed by atoms with Crippen molar-refractivity contribution in [1.82, 2.24) is 10.6 Å². The SMILES string of the molecule is COc1ccc(C(=O)N/C(=C\c2cccs2)C(=O)NCc2ccc(N3CCCCC3)cc2)cc1. The van der Waals surface area contributed by atoms with Crippen LogP contribution in [0.15, 0.2) is 71.7 Å². The zero-order valence-electron chi connectivity index (χ0n) is 19.3. The quantitative estimate of drug-likeness (QED) is 0.458. The van der Waals surface area contributed by atoms with Crippen LogP contribution in [0.1, 0.15) is 40.1 Å². The molecule has 0 unspecified atom stereocenters. The smallest absolute Gasteiger partial charge is 0.268 e. The van der Waals surface area contributed by atoms with Gasteiger partial charge < -0.3 is 20.3 Å². The molecule has 2 N–H and O–H groups in total. The first-order valence-electron chi connectivity index (χ1n) is 11.4. The van der Waals surface area contributed by atoms with Crippen LogP contribution >= 0.6 is 11.3 Å². The van der Waals surface area contributed by atoms with Gasteiger partial charge in [0.2, 0.25) is 0 Å². The highest BCUT2D eigenvalue weighted by molar-refractivity contribution is 7.10. The standard InChI is InChI=1S/C27H29N3O3S/c1-33-23-13-9-21(10-14-23)26(31)29-25(18-24-6-5-17-34-24)27(32)28-19-20-7-11-22(12-8-20)30-15-3-2-4-16-30/h5-14,17-18H,2-4,15-16,19H2,1H3,(H,28,32)(H,29,31)/b25-18-. The highest BCUT2D eigenvalue weighted by Gasteiger charge is 2.16. The molecule has 0 radical (unpaired) electrons. The molecule has 1 saturated heterocycles. The van der Waals surface area contributed by atoms with Crippen LogP contribution in [0.3, 0.4) is 0 Å². The average molecular weight is 476 g/mol. The predicted octanol–water partition coefficient (Wildman–Crippen LogP) is 4.83. The molecular weight excluding hydrogens is 446 g/mol. The number of amides is 2. The lowest BCUT2D eigenvalue weighted by Crippen LogP contribution is -2.34. The number of hydrogen-bond acceptors (Lipinski definition) is 5. The van der Waals surface area contributed by atoms with E-state index in [0.29, 0.717) is 17.9 Å². The van der Waals surface area contributed by atoms with Gasteiger partial charge in [0.25, 0.3) is 11.8 Å². The number of piperidine rings is 1. The lowest BCUT2D eigenvalue weighted by Gasteiger charge is -2.28. The van der Waals surface area contributed by atoms with E-state index < -0.39 is 0 Å². The summed E-state index contributed by atoms with van der Waals surface area (Å²) in [5, 5.41) is 7.63. The van der Waals surface area contributed by atoms with E-state index in [-0.39, 0.29) is 17.5 Å². The van der Waals surface area contributed by atoms with E-state index in [1.54, 1.807) is 37.5 Å². The number of thiophene rings is 1. The number of anilines is 1. The van der Waals surface area contributed by atoms with Crippen molar-refractivity contribution >= 4 is 34.9 Å². The van der Waals surface area contributed by atoms with Gasteiger partial charge in [-0.1, -0.05) is 18.2 Å². The van der Waals surface area contributed by atoms with Gasteiger partial charge in [-0.3, -0.25) is 9.59 Å². The van der Waals surface area contributed by atoms with Crippen LogP contribution in [0.2, 0.25) is 0 Å². The number of carbonyl (C=O) groups excluding carboxylic acids is 2. The van der Waals surface area contributed by atoms with Crippen molar-refractivity contribution in [2.45, 2.75) is 25.8 Å². The third kappa shape index (κ3) is 6.26. The van der Waals surface area contributed by atoms with Crippen LogP contribution < -0.4 is 20.3 Å². The van der Waals surface area contributed by atoms with Gasteiger partial charge in [0.15, 0.2) is 0 Å². The molecule has 34 heavy (non-hydrogen) atoms. The molecule has 176 valence electrons. The second-order valence-corrected chi connectivity index (χ2v) is 9.13. The van der Waals surface area contributed by atoms with Gasteiger partial charge in [0.1, 0.15) is 11.4 Å². The monoisotopic (exact) mass is 475 g/mol. The fourth-order valence-electron chi connectivity index (χ4n) is 3.87. The molecule has 4 rings (SSSR count). The normalized spacial score (nSPS) is 13.9. The highest BCUT2D eigenvalue weighted by Crippen LogP contribution is 2.20. The second kappa shape index (κ2) is 11.5. The minimum atomic E-state index is -0.355. The summed E-state index contributed by atoms with van der Waals surface area (Å²) in [4.78, 5) is 29.1. The van der Waals surface area contributed by atoms with Crippen molar-refractivity contribution in [3.05, 3.63) is 87.7 Å². The van der Waals surface area contributed by atoms with Crippen molar-refractivity contribution in [3.63, 3.8) is 0 Å². The summed E-state index contributed by atoms with van der Waals surface area (Å²) in [6.07, 6.45) is 5.47. The molecule has 2 aromatic carbocycles. The van der Waals surface area contributed by atoms with Gasteiger partial charge in [0, 0.05) is 35.8 Å². The molecule has 1 aromatic heterocycles. The number of benzene rings is 2. The van der Waals surface area contributed by atoms with E-state index in [9.17, 15) is 9.59 Å². The molecule has 0 bridgehead atoms. The maximum Gasteiger partial charge on any atom is 0.268 e. The van der Waals surface area contributed by atoms with E-state index in [1.807, 2.05) is 29.6 Å². The third-order valence-electron chi connectivity index (χ3n) is 5.79. The Bertz CT molecular complexity index is 1120. The molecular formula is C27H29N3O3S. The Labute approximate surface area is 204 Å². The molecule has 0 atom stereocenters. The van der Waals surface area contributed by atoms with Crippen LogP contribution in [0.25, 0.3) is 6.08 Å². The fraction of sp³-hybridized carbons (Fsp3) is 0.259. The van der Waals surface area contributed by atoms with Crippen molar-refractivity contribution < 1.29 is 14.3 Å². The van der Waals surface area contributed by atoms with Gasteiger partial charge in [0.05, 0.1) is 7.11 Å². The van der Waals surface area contributed by atoms with Crippen LogP contribution in [0, 0.1) is 0 Å². The first-order valence-corrected chi connectivity index (χ1v) is 12.3. The van der Waals surface area contributed by atoms with Gasteiger partial charge in [-0.15, -0.1) is 11.3 Å². The van der Waals surface area contributed by atoms with Crippen LogP contribution in [0.4, 0.5) is 5.69 Å². The molecule has 1 aliphatic heterocycles. The van der Waals surface area contributed by atoms with E-state index in [1.165, 1.54) is 36.3 Å². The first kappa shape index (κ1) is 23.6. The first-order chi connectivity index (χ1) is 16.6. The summed E-state index contributed by atoms with van der Waals surface area (Å²) in [7, 11) is 1.57. The molecule has 3 aromatic rings. The van der Waals surface area contributed by atoms with Crippen LogP contribution in [-0.2, 0) is 11.3 Å². The zero-order chi connectivity index (χ0) is 23.8. The summed E-state index contributed by atoms with van der Waals surface area (Å²) >= 11 is 1.50. The Morgan fingerprint density at radius 2 is 1.74 bits per heavy atom. The van der Waals surface area contributed by atoms with E-state index >= 15 is 0 Å². The Kier molecular flexibility index (Phi) is 7.99. The summed E-state index contributed by atoms with van der Waals surface area (Å²) in [6, 6.07) is 18.9. The number of nitrogens with zero attached hydrogens (tertiary/aromatic N) is 1. The van der Waals surface area contributed by atoms with Crippen LogP contribution in [0.5, 0.6) is 5.75 Å². The van der Waals surface area contributed by atoms with Crippen molar-refractivity contribution in [1.29, 1.82) is 0 Å². The Balaban J connectivity index is 1.41. The Morgan fingerprint density at radius 3 is 2.38 bits per heavy atom. The number of ether oxygens (including phenoxy) is 1. The minimum absolute atomic E-state index is 0.202. The second-order valence-electron chi connectivity index (χ2n) is 8.15. The fourth-order valence-corrected chi connectivity index (χ4v) is 4.52. The number of nitrogens with one attached hydrogen (secondary N) is 2. The van der Waals surface area contributed by atoms with Crippen LogP contribution in [-0.4, -0.2) is 32.0 Å². The van der Waals surface area contributed by atoms with E-state index in [2.05, 4.69) is 27.7 Å². The number of methoxy groups -OCH3 is 1. The zero-order valence-corrected chi connectivity index (χ0v) is 20.1. The third-order valence-corrected chi connectivity index (χ3v) is 6.60. The van der Waals surface area contributed by atoms with E-state index in [4.69, 9.17) is 4.74 Å². The number of hydrogen-bond donors (Lipinski definition) is 2. The molecule has 0 spiro atoms. The van der Waals surface area contributed by atoms with Gasteiger partial charge in [-0.05, 0) is 78.7 Å². The topological polar surface area (TPSA) is 70.7 Å². The Hall–Kier alpha value is -3.58. The lowest BCUT2D eigenvalue weighted by atomic mass is 10.1. The largest absolute Gasteiger partial charge is 0.497 e. The maximum absolute atomic E-state index is 13.0. The molecule has 1 aliphatic rings. The van der Waals surface area contributed by atoms with Crippen molar-refractivity contribution in [3.8, 4) is 5.75 Å². The van der Waals surface area contributed by atoms with E-state index in [0.717, 1.165) is 23.5 Å². The van der Waals surface area contributed by atoms with Gasteiger partial charge in [-0.2, -0.15) is 0 Å². The van der Waals surface area contributed by atoms with Crippen molar-refractivity contribution in [2.75, 3.05) is 25.1 Å².